The average molecular weight is 416 g/mol. The van der Waals surface area contributed by atoms with Crippen LogP contribution >= 0.6 is 39.9 Å². The summed E-state index contributed by atoms with van der Waals surface area (Å²) in [6, 6.07) is 0. The van der Waals surface area contributed by atoms with Crippen LogP contribution in [-0.2, 0) is 0 Å². The highest BCUT2D eigenvalue weighted by Gasteiger charge is 2.33. The quantitative estimate of drug-likeness (QED) is 0.435. The van der Waals surface area contributed by atoms with Gasteiger partial charge in [-0.15, -0.1) is 24.0 Å². The predicted molar refractivity (Wildman–Crippen MR) is 89.4 cm³/mol. The van der Waals surface area contributed by atoms with Crippen molar-refractivity contribution in [2.24, 2.45) is 10.4 Å². The molecule has 0 aromatic heterocycles. The Morgan fingerprint density at radius 3 is 2.65 bits per heavy atom. The number of rotatable bonds is 3. The number of hydrogen-bond acceptors (Lipinski definition) is 1. The lowest BCUT2D eigenvalue weighted by molar-refractivity contribution is 0.322. The van der Waals surface area contributed by atoms with Gasteiger partial charge in [0.15, 0.2) is 5.96 Å². The molecule has 0 radical (unpaired) electrons. The molecule has 1 aliphatic rings. The zero-order chi connectivity index (χ0) is 12.2. The van der Waals surface area contributed by atoms with Crippen LogP contribution < -0.4 is 5.32 Å². The van der Waals surface area contributed by atoms with Gasteiger partial charge in [-0.1, -0.05) is 36.4 Å². The molecule has 0 aromatic carbocycles. The van der Waals surface area contributed by atoms with Crippen molar-refractivity contribution in [1.82, 2.24) is 10.2 Å². The molecule has 17 heavy (non-hydrogen) atoms. The Bertz CT molecular complexity index is 293. The Kier molecular flexibility index (Phi) is 7.71. The van der Waals surface area contributed by atoms with Crippen molar-refractivity contribution in [1.29, 1.82) is 0 Å². The van der Waals surface area contributed by atoms with Gasteiger partial charge in [-0.2, -0.15) is 0 Å². The maximum absolute atomic E-state index is 4.31. The van der Waals surface area contributed by atoms with E-state index in [1.807, 2.05) is 7.05 Å². The molecule has 0 amide bonds. The molecule has 1 aliphatic heterocycles. The fraction of sp³-hybridized carbons (Fsp3) is 0.750. The van der Waals surface area contributed by atoms with E-state index in [2.05, 4.69) is 51.6 Å². The van der Waals surface area contributed by atoms with E-state index in [0.717, 1.165) is 30.1 Å². The van der Waals surface area contributed by atoms with Gasteiger partial charge in [0.2, 0.25) is 0 Å². The maximum Gasteiger partial charge on any atom is 0.193 e. The zero-order valence-corrected chi connectivity index (χ0v) is 14.8. The molecule has 5 heteroatoms. The standard InChI is InChI=1S/C12H22BrN3.HI/c1-5-12(3)6-7-16(9-12)11(14-4)15-8-10(2)13;/h2,5-9H2,1,3-4H3,(H,14,15);1H. The Morgan fingerprint density at radius 2 is 2.24 bits per heavy atom. The fourth-order valence-corrected chi connectivity index (χ4v) is 2.14. The van der Waals surface area contributed by atoms with Crippen molar-refractivity contribution >= 4 is 45.9 Å². The van der Waals surface area contributed by atoms with Crippen LogP contribution in [0.5, 0.6) is 0 Å². The van der Waals surface area contributed by atoms with Gasteiger partial charge in [-0.05, 0) is 18.3 Å². The first kappa shape index (κ1) is 17.2. The Morgan fingerprint density at radius 1 is 1.59 bits per heavy atom. The van der Waals surface area contributed by atoms with Crippen molar-refractivity contribution in [3.05, 3.63) is 11.1 Å². The van der Waals surface area contributed by atoms with Crippen molar-refractivity contribution in [3.8, 4) is 0 Å². The molecule has 0 spiro atoms. The highest BCUT2D eigenvalue weighted by molar-refractivity contribution is 14.0. The second-order valence-electron chi connectivity index (χ2n) is 4.75. The number of guanidine groups is 1. The van der Waals surface area contributed by atoms with E-state index >= 15 is 0 Å². The number of halogens is 2. The first-order chi connectivity index (χ1) is 7.50. The number of hydrogen-bond donors (Lipinski definition) is 1. The van der Waals surface area contributed by atoms with Gasteiger partial charge in [-0.3, -0.25) is 4.99 Å². The molecule has 0 saturated carbocycles. The lowest BCUT2D eigenvalue weighted by Gasteiger charge is -2.25. The van der Waals surface area contributed by atoms with Crippen LogP contribution in [0.1, 0.15) is 26.7 Å². The van der Waals surface area contributed by atoms with E-state index in [-0.39, 0.29) is 24.0 Å². The van der Waals surface area contributed by atoms with Gasteiger partial charge in [0.05, 0.1) is 0 Å². The molecular weight excluding hydrogens is 393 g/mol. The van der Waals surface area contributed by atoms with Gasteiger partial charge in [0, 0.05) is 31.2 Å². The maximum atomic E-state index is 4.31. The van der Waals surface area contributed by atoms with Gasteiger partial charge in [0.1, 0.15) is 0 Å². The molecule has 3 nitrogen and oxygen atoms in total. The van der Waals surface area contributed by atoms with E-state index in [1.165, 1.54) is 12.8 Å². The molecule has 0 aromatic rings. The summed E-state index contributed by atoms with van der Waals surface area (Å²) in [5.74, 6) is 0.984. The summed E-state index contributed by atoms with van der Waals surface area (Å²) in [5, 5.41) is 3.30. The molecule has 1 unspecified atom stereocenters. The van der Waals surface area contributed by atoms with E-state index in [9.17, 15) is 0 Å². The molecule has 100 valence electrons. The van der Waals surface area contributed by atoms with Crippen LogP contribution in [0.2, 0.25) is 0 Å². The van der Waals surface area contributed by atoms with Crippen LogP contribution in [0.25, 0.3) is 0 Å². The van der Waals surface area contributed by atoms with Crippen molar-refractivity contribution in [3.63, 3.8) is 0 Å². The van der Waals surface area contributed by atoms with Gasteiger partial charge in [-0.25, -0.2) is 0 Å². The summed E-state index contributed by atoms with van der Waals surface area (Å²) in [7, 11) is 1.83. The second kappa shape index (κ2) is 7.61. The van der Waals surface area contributed by atoms with E-state index in [1.54, 1.807) is 0 Å². The summed E-state index contributed by atoms with van der Waals surface area (Å²) >= 11 is 3.35. The van der Waals surface area contributed by atoms with E-state index in [4.69, 9.17) is 0 Å². The molecule has 1 N–H and O–H groups in total. The number of nitrogens with one attached hydrogen (secondary N) is 1. The lowest BCUT2D eigenvalue weighted by Crippen LogP contribution is -2.41. The smallest absolute Gasteiger partial charge is 0.193 e. The molecule has 1 heterocycles. The zero-order valence-electron chi connectivity index (χ0n) is 10.9. The van der Waals surface area contributed by atoms with Crippen LogP contribution in [0.4, 0.5) is 0 Å². The van der Waals surface area contributed by atoms with Crippen LogP contribution in [0, 0.1) is 5.41 Å². The first-order valence-electron chi connectivity index (χ1n) is 5.79. The second-order valence-corrected chi connectivity index (χ2v) is 5.88. The van der Waals surface area contributed by atoms with E-state index < -0.39 is 0 Å². The summed E-state index contributed by atoms with van der Waals surface area (Å²) in [4.78, 5) is 6.64. The molecule has 0 bridgehead atoms. The Hall–Kier alpha value is 0.220. The van der Waals surface area contributed by atoms with Crippen molar-refractivity contribution in [2.45, 2.75) is 26.7 Å². The molecule has 1 saturated heterocycles. The minimum atomic E-state index is 0. The molecule has 1 fully saturated rings. The molecule has 0 aliphatic carbocycles. The first-order valence-corrected chi connectivity index (χ1v) is 6.59. The van der Waals surface area contributed by atoms with Gasteiger partial charge < -0.3 is 10.2 Å². The Balaban J connectivity index is 0.00000256. The molecule has 1 atom stereocenters. The third-order valence-corrected chi connectivity index (χ3v) is 3.64. The largest absolute Gasteiger partial charge is 0.352 e. The summed E-state index contributed by atoms with van der Waals surface area (Å²) in [6.07, 6.45) is 2.48. The van der Waals surface area contributed by atoms with Crippen molar-refractivity contribution < 1.29 is 0 Å². The monoisotopic (exact) mass is 415 g/mol. The summed E-state index contributed by atoms with van der Waals surface area (Å²) in [5.41, 5.74) is 0.447. The Labute approximate surface area is 130 Å². The number of aliphatic imine (C=N–C) groups is 1. The minimum absolute atomic E-state index is 0. The summed E-state index contributed by atoms with van der Waals surface area (Å²) in [6.45, 7) is 11.3. The summed E-state index contributed by atoms with van der Waals surface area (Å²) < 4.78 is 0.950. The third-order valence-electron chi connectivity index (χ3n) is 3.36. The minimum Gasteiger partial charge on any atom is -0.352 e. The average Bonchev–Trinajstić information content (AvgIpc) is 2.63. The SMILES string of the molecule is C=C(Br)CNC(=NC)N1CCC(C)(CC)C1.I. The number of likely N-dealkylation sites (tertiary alicyclic amines) is 1. The predicted octanol–water partition coefficient (Wildman–Crippen LogP) is 3.21. The lowest BCUT2D eigenvalue weighted by atomic mass is 9.87. The van der Waals surface area contributed by atoms with Crippen LogP contribution in [0.15, 0.2) is 16.1 Å². The molecular formula is C12H23BrIN3. The van der Waals surface area contributed by atoms with Gasteiger partial charge in [0.25, 0.3) is 0 Å². The number of nitrogens with zero attached hydrogens (tertiary/aromatic N) is 2. The van der Waals surface area contributed by atoms with Crippen LogP contribution in [0.3, 0.4) is 0 Å². The third kappa shape index (κ3) is 5.16. The highest BCUT2D eigenvalue weighted by atomic mass is 127. The van der Waals surface area contributed by atoms with E-state index in [0.29, 0.717) is 5.41 Å². The van der Waals surface area contributed by atoms with Gasteiger partial charge >= 0.3 is 0 Å². The topological polar surface area (TPSA) is 27.6 Å². The normalized spacial score (nSPS) is 24.5. The van der Waals surface area contributed by atoms with Crippen molar-refractivity contribution in [2.75, 3.05) is 26.7 Å². The highest BCUT2D eigenvalue weighted by Crippen LogP contribution is 2.32. The van der Waals surface area contributed by atoms with Crippen LogP contribution in [-0.4, -0.2) is 37.5 Å². The molecule has 1 rings (SSSR count). The fourth-order valence-electron chi connectivity index (χ4n) is 2.00.